The average Bonchev–Trinajstić information content (AvgIpc) is 2.99. The van der Waals surface area contributed by atoms with Gasteiger partial charge in [0, 0.05) is 37.4 Å². The number of fused-ring (bicyclic) bond motifs is 1. The number of ether oxygens (including phenoxy) is 3. The third-order valence-electron chi connectivity index (χ3n) is 5.80. The van der Waals surface area contributed by atoms with E-state index in [0.29, 0.717) is 12.0 Å². The molecular formula is C17H29N2O3PS. The predicted octanol–water partition coefficient (Wildman–Crippen LogP) is 2.78. The van der Waals surface area contributed by atoms with Gasteiger partial charge in [-0.15, -0.1) is 0 Å². The summed E-state index contributed by atoms with van der Waals surface area (Å²) in [5.74, 6) is 1.67. The quantitative estimate of drug-likeness (QED) is 0.709. The summed E-state index contributed by atoms with van der Waals surface area (Å²) in [6.07, 6.45) is 3.43. The fourth-order valence-electron chi connectivity index (χ4n) is 4.65. The van der Waals surface area contributed by atoms with E-state index in [0.717, 1.165) is 58.4 Å². The minimum Gasteiger partial charge on any atom is -0.494 e. The Kier molecular flexibility index (Phi) is 5.33. The van der Waals surface area contributed by atoms with Gasteiger partial charge in [-0.1, -0.05) is 18.2 Å². The van der Waals surface area contributed by atoms with Crippen LogP contribution in [0.5, 0.6) is 0 Å². The molecular weight excluding hydrogens is 343 g/mol. The van der Waals surface area contributed by atoms with Gasteiger partial charge >= 0.3 is 0 Å². The Bertz CT molecular complexity index is 522. The number of nitrogens with zero attached hydrogens (tertiary/aromatic N) is 2. The lowest BCUT2D eigenvalue weighted by Crippen LogP contribution is -2.44. The number of hydrogen-bond donors (Lipinski definition) is 0. The zero-order valence-corrected chi connectivity index (χ0v) is 16.3. The van der Waals surface area contributed by atoms with Crippen molar-refractivity contribution in [1.82, 2.24) is 9.34 Å². The molecule has 0 radical (unpaired) electrons. The van der Waals surface area contributed by atoms with E-state index in [1.165, 1.54) is 31.0 Å². The Morgan fingerprint density at radius 1 is 0.917 bits per heavy atom. The maximum atomic E-state index is 6.56. The average molecular weight is 372 g/mol. The van der Waals surface area contributed by atoms with Crippen LogP contribution >= 0.6 is 6.34 Å². The summed E-state index contributed by atoms with van der Waals surface area (Å²) in [7, 11) is 0. The van der Waals surface area contributed by atoms with Crippen molar-refractivity contribution in [3.8, 4) is 0 Å². The number of morpholine rings is 2. The van der Waals surface area contributed by atoms with Gasteiger partial charge in [0.05, 0.1) is 26.4 Å². The Morgan fingerprint density at radius 3 is 2.04 bits per heavy atom. The van der Waals surface area contributed by atoms with Crippen LogP contribution in [-0.2, 0) is 26.0 Å². The van der Waals surface area contributed by atoms with Crippen LogP contribution in [0.15, 0.2) is 11.1 Å². The zero-order valence-electron chi connectivity index (χ0n) is 14.6. The molecule has 0 aromatic heterocycles. The van der Waals surface area contributed by atoms with Crippen LogP contribution in [0.4, 0.5) is 0 Å². The highest BCUT2D eigenvalue weighted by Gasteiger charge is 2.48. The molecule has 0 unspecified atom stereocenters. The van der Waals surface area contributed by atoms with Crippen LogP contribution in [0.3, 0.4) is 0 Å². The van der Waals surface area contributed by atoms with Crippen molar-refractivity contribution in [1.29, 1.82) is 0 Å². The number of allylic oxidation sites excluding steroid dienone is 1. The highest BCUT2D eigenvalue weighted by Crippen LogP contribution is 2.67. The summed E-state index contributed by atoms with van der Waals surface area (Å²) in [6.45, 7) is 9.13. The second-order valence-corrected chi connectivity index (χ2v) is 11.4. The molecule has 7 heteroatoms. The normalized spacial score (nSPS) is 33.4. The first-order valence-corrected chi connectivity index (χ1v) is 12.1. The van der Waals surface area contributed by atoms with Crippen molar-refractivity contribution >= 4 is 18.1 Å². The third kappa shape index (κ3) is 3.00. The Balaban J connectivity index is 1.71. The topological polar surface area (TPSA) is 34.2 Å². The molecule has 3 aliphatic heterocycles. The summed E-state index contributed by atoms with van der Waals surface area (Å²) in [4.78, 5) is 0. The minimum atomic E-state index is -1.97. The first-order valence-electron chi connectivity index (χ1n) is 9.35. The van der Waals surface area contributed by atoms with E-state index in [4.69, 9.17) is 26.0 Å². The fraction of sp³-hybridized carbons (Fsp3) is 0.882. The molecule has 0 aromatic rings. The van der Waals surface area contributed by atoms with E-state index >= 15 is 0 Å². The SMILES string of the molecule is CC1=C(P(=S)(N2CCOCC2)N2CCOCC2)[C@@H]2CCCC[C@@H]2O1. The van der Waals surface area contributed by atoms with E-state index in [1.54, 1.807) is 0 Å². The Morgan fingerprint density at radius 2 is 1.46 bits per heavy atom. The van der Waals surface area contributed by atoms with E-state index in [1.807, 2.05) is 0 Å². The molecule has 3 heterocycles. The summed E-state index contributed by atoms with van der Waals surface area (Å²) < 4.78 is 22.7. The van der Waals surface area contributed by atoms with Crippen LogP contribution < -0.4 is 0 Å². The molecule has 0 amide bonds. The lowest BCUT2D eigenvalue weighted by molar-refractivity contribution is 0.0580. The monoisotopic (exact) mass is 372 g/mol. The smallest absolute Gasteiger partial charge is 0.107 e. The lowest BCUT2D eigenvalue weighted by atomic mass is 9.87. The lowest BCUT2D eigenvalue weighted by Gasteiger charge is -2.47. The van der Waals surface area contributed by atoms with Crippen molar-refractivity contribution in [2.24, 2.45) is 5.92 Å². The minimum absolute atomic E-state index is 0.373. The van der Waals surface area contributed by atoms with Crippen molar-refractivity contribution in [2.75, 3.05) is 52.6 Å². The van der Waals surface area contributed by atoms with Gasteiger partial charge in [-0.2, -0.15) is 0 Å². The van der Waals surface area contributed by atoms with Crippen molar-refractivity contribution in [2.45, 2.75) is 38.7 Å². The molecule has 5 nitrogen and oxygen atoms in total. The van der Waals surface area contributed by atoms with Gasteiger partial charge in [0.1, 0.15) is 18.2 Å². The second kappa shape index (κ2) is 7.34. The van der Waals surface area contributed by atoms with Gasteiger partial charge in [-0.3, -0.25) is 9.34 Å². The van der Waals surface area contributed by atoms with E-state index in [9.17, 15) is 0 Å². The molecule has 0 aromatic carbocycles. The zero-order chi connectivity index (χ0) is 16.6. The molecule has 2 atom stereocenters. The van der Waals surface area contributed by atoms with Crippen molar-refractivity contribution < 1.29 is 14.2 Å². The summed E-state index contributed by atoms with van der Waals surface area (Å²) in [5, 5.41) is 1.48. The van der Waals surface area contributed by atoms with Crippen LogP contribution in [0, 0.1) is 5.92 Å². The van der Waals surface area contributed by atoms with Gasteiger partial charge < -0.3 is 14.2 Å². The largest absolute Gasteiger partial charge is 0.494 e. The van der Waals surface area contributed by atoms with Gasteiger partial charge in [-0.05, 0) is 26.2 Å². The summed E-state index contributed by atoms with van der Waals surface area (Å²) >= 11 is 6.56. The Labute approximate surface area is 150 Å². The molecule has 136 valence electrons. The molecule has 3 fully saturated rings. The molecule has 24 heavy (non-hydrogen) atoms. The summed E-state index contributed by atoms with van der Waals surface area (Å²) in [6, 6.07) is 0. The van der Waals surface area contributed by atoms with Crippen LogP contribution in [-0.4, -0.2) is 68.1 Å². The Hall–Kier alpha value is 0.0300. The molecule has 1 saturated carbocycles. The van der Waals surface area contributed by atoms with Gasteiger partial charge in [0.25, 0.3) is 0 Å². The van der Waals surface area contributed by atoms with Crippen molar-refractivity contribution in [3.05, 3.63) is 11.1 Å². The number of hydrogen-bond acceptors (Lipinski definition) is 4. The molecule has 4 aliphatic rings. The summed E-state index contributed by atoms with van der Waals surface area (Å²) in [5.41, 5.74) is 0. The maximum Gasteiger partial charge on any atom is 0.107 e. The molecule has 1 aliphatic carbocycles. The molecule has 0 bridgehead atoms. The third-order valence-corrected chi connectivity index (χ3v) is 11.4. The first-order chi connectivity index (χ1) is 11.7. The highest BCUT2D eigenvalue weighted by molar-refractivity contribution is 8.14. The second-order valence-electron chi connectivity index (χ2n) is 7.16. The van der Waals surface area contributed by atoms with E-state index < -0.39 is 6.34 Å². The predicted molar refractivity (Wildman–Crippen MR) is 98.6 cm³/mol. The highest BCUT2D eigenvalue weighted by atomic mass is 32.4. The number of rotatable bonds is 3. The molecule has 0 spiro atoms. The standard InChI is InChI=1S/C17H29N2O3PS/c1-14-17(15-4-2-3-5-16(15)22-14)23(24,18-6-10-20-11-7-18)19-8-12-21-13-9-19/h15-16H,2-13H2,1H3/t15-,16+/m1/s1. The van der Waals surface area contributed by atoms with E-state index in [-0.39, 0.29) is 0 Å². The molecule has 4 rings (SSSR count). The van der Waals surface area contributed by atoms with Gasteiger partial charge in [0.15, 0.2) is 0 Å². The van der Waals surface area contributed by atoms with Gasteiger partial charge in [0.2, 0.25) is 0 Å². The molecule has 2 saturated heterocycles. The fourth-order valence-corrected chi connectivity index (χ4v) is 9.99. The van der Waals surface area contributed by atoms with Crippen LogP contribution in [0.25, 0.3) is 0 Å². The van der Waals surface area contributed by atoms with Gasteiger partial charge in [-0.25, -0.2) is 0 Å². The van der Waals surface area contributed by atoms with Crippen molar-refractivity contribution in [3.63, 3.8) is 0 Å². The maximum absolute atomic E-state index is 6.56. The molecule has 0 N–H and O–H groups in total. The first kappa shape index (κ1) is 17.4. The van der Waals surface area contributed by atoms with Crippen LogP contribution in [0.2, 0.25) is 0 Å². The van der Waals surface area contributed by atoms with E-state index in [2.05, 4.69) is 16.3 Å². The van der Waals surface area contributed by atoms with Crippen LogP contribution in [0.1, 0.15) is 32.6 Å².